The molecule has 0 spiro atoms. The van der Waals surface area contributed by atoms with E-state index in [1.807, 2.05) is 0 Å². The number of likely N-dealkylation sites (tertiary alicyclic amines) is 1. The van der Waals surface area contributed by atoms with Gasteiger partial charge in [0.25, 0.3) is 5.56 Å². The number of aromatic amines is 1. The van der Waals surface area contributed by atoms with Crippen molar-refractivity contribution in [1.82, 2.24) is 14.9 Å². The molecule has 2 aromatic rings. The van der Waals surface area contributed by atoms with Gasteiger partial charge in [-0.05, 0) is 56.9 Å². The number of nitrogens with one attached hydrogen (secondary N) is 1. The van der Waals surface area contributed by atoms with Gasteiger partial charge in [-0.25, -0.2) is 4.98 Å². The van der Waals surface area contributed by atoms with Gasteiger partial charge >= 0.3 is 0 Å². The molecule has 3 heterocycles. The topological polar surface area (TPSA) is 66.1 Å². The van der Waals surface area contributed by atoms with Crippen LogP contribution in [0.2, 0.25) is 0 Å². The fraction of sp³-hybridized carbons (Fsp3) is 0.650. The number of carbonyl (C=O) groups is 1. The number of piperidine rings is 1. The number of fused-ring (bicyclic) bond motifs is 3. The van der Waals surface area contributed by atoms with Crippen LogP contribution < -0.4 is 5.56 Å². The van der Waals surface area contributed by atoms with Gasteiger partial charge in [0.05, 0.1) is 16.9 Å². The molecule has 1 saturated heterocycles. The Morgan fingerprint density at radius 2 is 2.15 bits per heavy atom. The summed E-state index contributed by atoms with van der Waals surface area (Å²) in [6.45, 7) is 3.05. The van der Waals surface area contributed by atoms with Crippen LogP contribution in [0.5, 0.6) is 0 Å². The average molecular weight is 406 g/mol. The van der Waals surface area contributed by atoms with Crippen LogP contribution in [0, 0.1) is 0 Å². The molecule has 5 nitrogen and oxygen atoms in total. The summed E-state index contributed by atoms with van der Waals surface area (Å²) in [5.74, 6) is 1.94. The zero-order valence-electron chi connectivity index (χ0n) is 15.9. The third kappa shape index (κ3) is 3.94. The predicted molar refractivity (Wildman–Crippen MR) is 113 cm³/mol. The number of aryl methyl sites for hydroxylation is 2. The van der Waals surface area contributed by atoms with Crippen LogP contribution in [0.25, 0.3) is 10.2 Å². The SMILES string of the molecule is CC[C@@H]1CCCCN1C(=O)CSCc1nc2sc3c(c2c(=O)[nH]1)CCCC3. The first-order valence-corrected chi connectivity index (χ1v) is 12.0. The third-order valence-electron chi connectivity index (χ3n) is 5.76. The number of amides is 1. The van der Waals surface area contributed by atoms with Gasteiger partial charge in [0.1, 0.15) is 10.7 Å². The molecule has 1 amide bonds. The van der Waals surface area contributed by atoms with Crippen LogP contribution in [-0.2, 0) is 23.4 Å². The van der Waals surface area contributed by atoms with Crippen molar-refractivity contribution in [3.05, 3.63) is 26.6 Å². The van der Waals surface area contributed by atoms with Gasteiger partial charge < -0.3 is 9.88 Å². The summed E-state index contributed by atoms with van der Waals surface area (Å²) in [5, 5.41) is 0.804. The Kier molecular flexibility index (Phi) is 5.88. The van der Waals surface area contributed by atoms with Crippen LogP contribution in [0.4, 0.5) is 0 Å². The van der Waals surface area contributed by atoms with E-state index in [9.17, 15) is 9.59 Å². The second-order valence-corrected chi connectivity index (χ2v) is 9.61. The Labute approximate surface area is 167 Å². The summed E-state index contributed by atoms with van der Waals surface area (Å²) in [5.41, 5.74) is 1.21. The molecular weight excluding hydrogens is 378 g/mol. The highest BCUT2D eigenvalue weighted by Gasteiger charge is 2.25. The van der Waals surface area contributed by atoms with Crippen LogP contribution in [0.3, 0.4) is 0 Å². The predicted octanol–water partition coefficient (Wildman–Crippen LogP) is 3.89. The lowest BCUT2D eigenvalue weighted by atomic mass is 9.97. The second-order valence-electron chi connectivity index (χ2n) is 7.54. The molecule has 1 aliphatic heterocycles. The molecule has 1 fully saturated rings. The maximum absolute atomic E-state index is 12.6. The van der Waals surface area contributed by atoms with Crippen molar-refractivity contribution in [3.8, 4) is 0 Å². The molecule has 1 N–H and O–H groups in total. The number of thioether (sulfide) groups is 1. The highest BCUT2D eigenvalue weighted by Crippen LogP contribution is 2.33. The number of hydrogen-bond donors (Lipinski definition) is 1. The number of carbonyl (C=O) groups excluding carboxylic acids is 1. The molecule has 0 saturated carbocycles. The van der Waals surface area contributed by atoms with Gasteiger partial charge in [0.15, 0.2) is 0 Å². The highest BCUT2D eigenvalue weighted by atomic mass is 32.2. The maximum Gasteiger partial charge on any atom is 0.259 e. The lowest BCUT2D eigenvalue weighted by Gasteiger charge is -2.35. The molecule has 2 aliphatic rings. The van der Waals surface area contributed by atoms with E-state index < -0.39 is 0 Å². The first kappa shape index (κ1) is 19.0. The van der Waals surface area contributed by atoms with Gasteiger partial charge in [-0.2, -0.15) is 0 Å². The standard InChI is InChI=1S/C20H27N3O2S2/c1-2-13-7-5-6-10-23(13)17(24)12-26-11-16-21-19(25)18-14-8-3-4-9-15(14)27-20(18)22-16/h13H,2-12H2,1H3,(H,21,22,25)/t13-/m1/s1. The molecule has 7 heteroatoms. The van der Waals surface area contributed by atoms with Crippen molar-refractivity contribution >= 4 is 39.2 Å². The fourth-order valence-corrected chi connectivity index (χ4v) is 6.40. The third-order valence-corrected chi connectivity index (χ3v) is 7.87. The lowest BCUT2D eigenvalue weighted by Crippen LogP contribution is -2.44. The summed E-state index contributed by atoms with van der Waals surface area (Å²) in [4.78, 5) is 37.1. The monoisotopic (exact) mass is 405 g/mol. The Hall–Kier alpha value is -1.34. The van der Waals surface area contributed by atoms with E-state index in [1.54, 1.807) is 23.1 Å². The summed E-state index contributed by atoms with van der Waals surface area (Å²) in [7, 11) is 0. The highest BCUT2D eigenvalue weighted by molar-refractivity contribution is 7.99. The zero-order chi connectivity index (χ0) is 18.8. The van der Waals surface area contributed by atoms with Gasteiger partial charge in [-0.15, -0.1) is 23.1 Å². The fourth-order valence-electron chi connectivity index (χ4n) is 4.35. The molecule has 146 valence electrons. The van der Waals surface area contributed by atoms with Gasteiger partial charge in [0, 0.05) is 17.5 Å². The van der Waals surface area contributed by atoms with Crippen molar-refractivity contribution in [2.45, 2.75) is 70.1 Å². The van der Waals surface area contributed by atoms with Crippen molar-refractivity contribution in [1.29, 1.82) is 0 Å². The van der Waals surface area contributed by atoms with Crippen LogP contribution in [0.15, 0.2) is 4.79 Å². The van der Waals surface area contributed by atoms with Gasteiger partial charge in [-0.3, -0.25) is 9.59 Å². The quantitative estimate of drug-likeness (QED) is 0.820. The number of H-pyrrole nitrogens is 1. The summed E-state index contributed by atoms with van der Waals surface area (Å²) in [6, 6.07) is 0.401. The van der Waals surface area contributed by atoms with Crippen molar-refractivity contribution in [2.75, 3.05) is 12.3 Å². The minimum atomic E-state index is -0.0107. The Morgan fingerprint density at radius 3 is 3.00 bits per heavy atom. The summed E-state index contributed by atoms with van der Waals surface area (Å²) in [6.07, 6.45) is 8.93. The zero-order valence-corrected chi connectivity index (χ0v) is 17.5. The van der Waals surface area contributed by atoms with Gasteiger partial charge in [-0.1, -0.05) is 6.92 Å². The van der Waals surface area contributed by atoms with Crippen molar-refractivity contribution < 1.29 is 4.79 Å². The van der Waals surface area contributed by atoms with E-state index in [0.717, 1.165) is 55.3 Å². The molecule has 0 unspecified atom stereocenters. The second kappa shape index (κ2) is 8.35. The molecule has 27 heavy (non-hydrogen) atoms. The average Bonchev–Trinajstić information content (AvgIpc) is 3.06. The molecule has 1 atom stereocenters. The van der Waals surface area contributed by atoms with E-state index in [0.29, 0.717) is 23.4 Å². The molecule has 0 radical (unpaired) electrons. The summed E-state index contributed by atoms with van der Waals surface area (Å²) < 4.78 is 0. The molecule has 2 aromatic heterocycles. The Morgan fingerprint density at radius 1 is 1.30 bits per heavy atom. The van der Waals surface area contributed by atoms with Crippen molar-refractivity contribution in [2.24, 2.45) is 0 Å². The normalized spacial score (nSPS) is 20.0. The van der Waals surface area contributed by atoms with Crippen LogP contribution in [0.1, 0.15) is 61.7 Å². The molecule has 0 aromatic carbocycles. The number of rotatable bonds is 5. The number of thiophene rings is 1. The Balaban J connectivity index is 1.42. The minimum absolute atomic E-state index is 0.0107. The van der Waals surface area contributed by atoms with Crippen molar-refractivity contribution in [3.63, 3.8) is 0 Å². The van der Waals surface area contributed by atoms with E-state index in [2.05, 4.69) is 16.8 Å². The minimum Gasteiger partial charge on any atom is -0.339 e. The first-order chi connectivity index (χ1) is 13.2. The molecule has 0 bridgehead atoms. The van der Waals surface area contributed by atoms with Crippen LogP contribution >= 0.6 is 23.1 Å². The Bertz CT molecular complexity index is 889. The molecular formula is C20H27N3O2S2. The number of aromatic nitrogens is 2. The maximum atomic E-state index is 12.6. The van der Waals surface area contributed by atoms with Gasteiger partial charge in [0.2, 0.25) is 5.91 Å². The molecule has 4 rings (SSSR count). The number of nitrogens with zero attached hydrogens (tertiary/aromatic N) is 2. The number of hydrogen-bond acceptors (Lipinski definition) is 5. The van der Waals surface area contributed by atoms with E-state index in [1.165, 1.54) is 23.3 Å². The lowest BCUT2D eigenvalue weighted by molar-refractivity contribution is -0.132. The largest absolute Gasteiger partial charge is 0.339 e. The van der Waals surface area contributed by atoms with E-state index >= 15 is 0 Å². The van der Waals surface area contributed by atoms with E-state index in [-0.39, 0.29) is 11.5 Å². The van der Waals surface area contributed by atoms with Crippen LogP contribution in [-0.4, -0.2) is 39.1 Å². The van der Waals surface area contributed by atoms with E-state index in [4.69, 9.17) is 4.98 Å². The summed E-state index contributed by atoms with van der Waals surface area (Å²) >= 11 is 3.23. The smallest absolute Gasteiger partial charge is 0.259 e. The first-order valence-electron chi connectivity index (χ1n) is 10.1. The molecule has 1 aliphatic carbocycles.